The van der Waals surface area contributed by atoms with Crippen LogP contribution in [0.25, 0.3) is 0 Å². The molecule has 2 aromatic carbocycles. The second kappa shape index (κ2) is 8.41. The van der Waals surface area contributed by atoms with Crippen LogP contribution in [0, 0.1) is 5.92 Å². The molecule has 6 nitrogen and oxygen atoms in total. The number of para-hydroxylation sites is 2. The van der Waals surface area contributed by atoms with Crippen molar-refractivity contribution in [2.45, 2.75) is 12.6 Å². The average Bonchev–Trinajstić information content (AvgIpc) is 3.12. The average molecular weight is 342 g/mol. The van der Waals surface area contributed by atoms with Crippen LogP contribution in [0.3, 0.4) is 0 Å². The highest BCUT2D eigenvalue weighted by Crippen LogP contribution is 2.35. The molecule has 0 amide bonds. The summed E-state index contributed by atoms with van der Waals surface area (Å²) in [6.45, 7) is 0. The van der Waals surface area contributed by atoms with Gasteiger partial charge in [0.25, 0.3) is 0 Å². The number of carbonyl (C=O) groups is 2. The normalized spacial score (nSPS) is 17.7. The van der Waals surface area contributed by atoms with Crippen molar-refractivity contribution in [3.63, 3.8) is 0 Å². The molecule has 2 aliphatic rings. The fourth-order valence-electron chi connectivity index (χ4n) is 3.12. The van der Waals surface area contributed by atoms with Crippen molar-refractivity contribution in [3.05, 3.63) is 59.7 Å². The van der Waals surface area contributed by atoms with Crippen LogP contribution in [0.2, 0.25) is 0 Å². The minimum atomic E-state index is -0.375. The number of aliphatic hydroxyl groups is 2. The summed E-state index contributed by atoms with van der Waals surface area (Å²) in [6.07, 6.45) is 0.0151. The summed E-state index contributed by atoms with van der Waals surface area (Å²) < 4.78 is 0. The zero-order valence-corrected chi connectivity index (χ0v) is 14.2. The Morgan fingerprint density at radius 2 is 1.28 bits per heavy atom. The third-order valence-corrected chi connectivity index (χ3v) is 4.19. The van der Waals surface area contributed by atoms with Crippen molar-refractivity contribution in [3.8, 4) is 0 Å². The summed E-state index contributed by atoms with van der Waals surface area (Å²) in [7, 11) is 2.00. The van der Waals surface area contributed by atoms with E-state index in [1.54, 1.807) is 24.3 Å². The van der Waals surface area contributed by atoms with Crippen molar-refractivity contribution in [2.24, 2.45) is 5.92 Å². The van der Waals surface area contributed by atoms with Gasteiger partial charge in [0.2, 0.25) is 0 Å². The third kappa shape index (κ3) is 3.55. The van der Waals surface area contributed by atoms with Crippen LogP contribution in [0.5, 0.6) is 0 Å². The smallest absolute Gasteiger partial charge is 0.171 e. The lowest BCUT2D eigenvalue weighted by Crippen LogP contribution is -2.41. The highest BCUT2D eigenvalue weighted by atomic mass is 16.2. The predicted molar refractivity (Wildman–Crippen MR) is 97.0 cm³/mol. The van der Waals surface area contributed by atoms with E-state index in [2.05, 4.69) is 10.6 Å². The SMILES string of the molecule is CO.CO.O=C1CC(C2Nc3ccccc3N2)C(=O)c2ccccc21. The van der Waals surface area contributed by atoms with Crippen LogP contribution in [-0.4, -0.2) is 42.2 Å². The van der Waals surface area contributed by atoms with Crippen LogP contribution in [0.4, 0.5) is 11.4 Å². The lowest BCUT2D eigenvalue weighted by atomic mass is 9.80. The van der Waals surface area contributed by atoms with Gasteiger partial charge in [0, 0.05) is 31.8 Å². The molecule has 0 radical (unpaired) electrons. The van der Waals surface area contributed by atoms with Gasteiger partial charge in [-0.3, -0.25) is 9.59 Å². The Hall–Kier alpha value is -2.70. The summed E-state index contributed by atoms with van der Waals surface area (Å²) >= 11 is 0. The van der Waals surface area contributed by atoms with E-state index in [0.29, 0.717) is 11.1 Å². The number of fused-ring (bicyclic) bond motifs is 2. The molecule has 0 aromatic heterocycles. The van der Waals surface area contributed by atoms with Gasteiger partial charge < -0.3 is 20.8 Å². The van der Waals surface area contributed by atoms with E-state index in [0.717, 1.165) is 25.6 Å². The van der Waals surface area contributed by atoms with Gasteiger partial charge in [0.15, 0.2) is 11.6 Å². The Kier molecular flexibility index (Phi) is 6.27. The third-order valence-electron chi connectivity index (χ3n) is 4.19. The molecule has 132 valence electrons. The maximum Gasteiger partial charge on any atom is 0.171 e. The maximum atomic E-state index is 12.7. The van der Waals surface area contributed by atoms with E-state index >= 15 is 0 Å². The van der Waals surface area contributed by atoms with Gasteiger partial charge in [0.05, 0.1) is 17.3 Å². The van der Waals surface area contributed by atoms with E-state index in [4.69, 9.17) is 10.2 Å². The van der Waals surface area contributed by atoms with Gasteiger partial charge in [-0.05, 0) is 12.1 Å². The van der Waals surface area contributed by atoms with Gasteiger partial charge >= 0.3 is 0 Å². The molecule has 1 unspecified atom stereocenters. The molecule has 4 N–H and O–H groups in total. The first-order valence-electron chi connectivity index (χ1n) is 7.92. The Bertz CT molecular complexity index is 736. The number of rotatable bonds is 1. The topological polar surface area (TPSA) is 98.7 Å². The van der Waals surface area contributed by atoms with Gasteiger partial charge in [-0.1, -0.05) is 36.4 Å². The van der Waals surface area contributed by atoms with Crippen molar-refractivity contribution in [1.29, 1.82) is 0 Å². The van der Waals surface area contributed by atoms with Crippen molar-refractivity contribution >= 4 is 22.9 Å². The molecule has 1 heterocycles. The number of anilines is 2. The van der Waals surface area contributed by atoms with Crippen LogP contribution < -0.4 is 10.6 Å². The quantitative estimate of drug-likeness (QED) is 0.634. The molecule has 0 saturated carbocycles. The second-order valence-corrected chi connectivity index (χ2v) is 5.46. The number of aliphatic hydroxyl groups excluding tert-OH is 2. The molecule has 25 heavy (non-hydrogen) atoms. The first-order valence-corrected chi connectivity index (χ1v) is 7.92. The Labute approximate surface area is 146 Å². The molecule has 1 atom stereocenters. The maximum absolute atomic E-state index is 12.7. The van der Waals surface area contributed by atoms with E-state index in [1.165, 1.54) is 0 Å². The van der Waals surface area contributed by atoms with Gasteiger partial charge in [-0.25, -0.2) is 0 Å². The molecule has 0 bridgehead atoms. The highest BCUT2D eigenvalue weighted by Gasteiger charge is 2.39. The molecule has 0 fully saturated rings. The van der Waals surface area contributed by atoms with E-state index in [1.807, 2.05) is 24.3 Å². The second-order valence-electron chi connectivity index (χ2n) is 5.46. The predicted octanol–water partition coefficient (Wildman–Crippen LogP) is 2.15. The molecular formula is C19H22N2O4. The Morgan fingerprint density at radius 1 is 0.800 bits per heavy atom. The van der Waals surface area contributed by atoms with Crippen molar-refractivity contribution in [1.82, 2.24) is 0 Å². The number of benzene rings is 2. The Balaban J connectivity index is 0.000000528. The molecule has 0 saturated heterocycles. The lowest BCUT2D eigenvalue weighted by Gasteiger charge is -2.27. The van der Waals surface area contributed by atoms with Crippen LogP contribution in [0.1, 0.15) is 27.1 Å². The largest absolute Gasteiger partial charge is 0.400 e. The summed E-state index contributed by atoms with van der Waals surface area (Å²) in [5.41, 5.74) is 3.04. The van der Waals surface area contributed by atoms with E-state index in [9.17, 15) is 9.59 Å². The Morgan fingerprint density at radius 3 is 1.84 bits per heavy atom. The van der Waals surface area contributed by atoms with Crippen molar-refractivity contribution < 1.29 is 19.8 Å². The monoisotopic (exact) mass is 342 g/mol. The van der Waals surface area contributed by atoms with Gasteiger partial charge in [-0.2, -0.15) is 0 Å². The number of carbonyl (C=O) groups excluding carboxylic acids is 2. The number of nitrogens with one attached hydrogen (secondary N) is 2. The first kappa shape index (κ1) is 18.6. The molecule has 1 aliphatic carbocycles. The molecule has 6 heteroatoms. The van der Waals surface area contributed by atoms with E-state index in [-0.39, 0.29) is 30.1 Å². The number of ketones is 2. The summed E-state index contributed by atoms with van der Waals surface area (Å²) in [6, 6.07) is 14.9. The van der Waals surface area contributed by atoms with Crippen LogP contribution >= 0.6 is 0 Å². The summed E-state index contributed by atoms with van der Waals surface area (Å²) in [5, 5.41) is 20.6. The lowest BCUT2D eigenvalue weighted by molar-refractivity contribution is 0.0815. The summed E-state index contributed by atoms with van der Waals surface area (Å²) in [4.78, 5) is 24.9. The van der Waals surface area contributed by atoms with Gasteiger partial charge in [-0.15, -0.1) is 0 Å². The highest BCUT2D eigenvalue weighted by molar-refractivity contribution is 6.15. The minimum absolute atomic E-state index is 0.0306. The number of hydrogen-bond donors (Lipinski definition) is 4. The standard InChI is InChI=1S/C17H14N2O2.2CH4O/c20-15-9-12(16(21)11-6-2-1-5-10(11)15)17-18-13-7-3-4-8-14(13)19-17;2*1-2/h1-8,12,17-19H,9H2;2*2H,1H3. The molecular weight excluding hydrogens is 320 g/mol. The fourth-order valence-corrected chi connectivity index (χ4v) is 3.12. The minimum Gasteiger partial charge on any atom is -0.400 e. The number of Topliss-reactive ketones (excluding diaryl/α,β-unsaturated/α-hetero) is 2. The summed E-state index contributed by atoms with van der Waals surface area (Å²) in [5.74, 6) is -0.308. The molecule has 4 rings (SSSR count). The van der Waals surface area contributed by atoms with Crippen LogP contribution in [0.15, 0.2) is 48.5 Å². The zero-order chi connectivity index (χ0) is 18.4. The number of hydrogen-bond acceptors (Lipinski definition) is 6. The van der Waals surface area contributed by atoms with Gasteiger partial charge in [0.1, 0.15) is 6.17 Å². The van der Waals surface area contributed by atoms with Crippen molar-refractivity contribution in [2.75, 3.05) is 24.9 Å². The molecule has 0 spiro atoms. The molecule has 1 aliphatic heterocycles. The molecule has 2 aromatic rings. The zero-order valence-electron chi connectivity index (χ0n) is 14.2. The first-order chi connectivity index (χ1) is 12.2. The fraction of sp³-hybridized carbons (Fsp3) is 0.263. The van der Waals surface area contributed by atoms with Crippen LogP contribution in [-0.2, 0) is 0 Å². The van der Waals surface area contributed by atoms with E-state index < -0.39 is 0 Å².